The van der Waals surface area contributed by atoms with E-state index in [4.69, 9.17) is 4.74 Å². The lowest BCUT2D eigenvalue weighted by atomic mass is 9.83. The number of ether oxygens (including phenoxy) is 1. The zero-order valence-corrected chi connectivity index (χ0v) is 19.4. The monoisotopic (exact) mass is 470 g/mol. The van der Waals surface area contributed by atoms with E-state index in [1.807, 2.05) is 16.7 Å². The van der Waals surface area contributed by atoms with E-state index in [0.717, 1.165) is 12.1 Å². The number of hydrogen-bond acceptors (Lipinski definition) is 5. The number of carbonyl (C=O) groups excluding carboxylic acids is 2. The molecular formula is C27H26N4O4. The lowest BCUT2D eigenvalue weighted by molar-refractivity contribution is -0.130. The number of rotatable bonds is 5. The summed E-state index contributed by atoms with van der Waals surface area (Å²) in [6.45, 7) is 1.60. The van der Waals surface area contributed by atoms with Gasteiger partial charge in [0, 0.05) is 55.3 Å². The molecule has 178 valence electrons. The fraction of sp³-hybridized carbons (Fsp3) is 0.259. The van der Waals surface area contributed by atoms with Gasteiger partial charge in [-0.05, 0) is 54.3 Å². The summed E-state index contributed by atoms with van der Waals surface area (Å²) in [4.78, 5) is 45.0. The number of benzene rings is 1. The summed E-state index contributed by atoms with van der Waals surface area (Å²) in [6.07, 6.45) is 5.87. The molecule has 2 aliphatic heterocycles. The SMILES string of the molecule is COc1cccc(C(=O)N/C(=C\c2cccnc2)C(=O)N2C[C@H]3C[C@@H](C2)c2cccc(=O)n2C3)c1. The molecule has 35 heavy (non-hydrogen) atoms. The van der Waals surface area contributed by atoms with Crippen LogP contribution in [0.25, 0.3) is 6.08 Å². The molecule has 5 rings (SSSR count). The van der Waals surface area contributed by atoms with Crippen LogP contribution in [-0.4, -0.2) is 46.5 Å². The average molecular weight is 471 g/mol. The molecule has 2 amide bonds. The van der Waals surface area contributed by atoms with E-state index in [0.29, 0.717) is 36.5 Å². The minimum absolute atomic E-state index is 0.000286. The Morgan fingerprint density at radius 2 is 1.94 bits per heavy atom. The Balaban J connectivity index is 1.43. The first-order chi connectivity index (χ1) is 17.0. The van der Waals surface area contributed by atoms with Crippen LogP contribution in [0, 0.1) is 5.92 Å². The van der Waals surface area contributed by atoms with Gasteiger partial charge in [0.05, 0.1) is 7.11 Å². The topological polar surface area (TPSA) is 93.5 Å². The Kier molecular flexibility index (Phi) is 6.18. The van der Waals surface area contributed by atoms with Gasteiger partial charge >= 0.3 is 0 Å². The van der Waals surface area contributed by atoms with Crippen molar-refractivity contribution in [3.05, 3.63) is 99.9 Å². The number of fused-ring (bicyclic) bond motifs is 4. The summed E-state index contributed by atoms with van der Waals surface area (Å²) in [5.74, 6) is 0.153. The van der Waals surface area contributed by atoms with Crippen LogP contribution < -0.4 is 15.6 Å². The number of nitrogens with zero attached hydrogens (tertiary/aromatic N) is 3. The van der Waals surface area contributed by atoms with Gasteiger partial charge in [0.15, 0.2) is 0 Å². The van der Waals surface area contributed by atoms with Crippen molar-refractivity contribution in [3.63, 3.8) is 0 Å². The van der Waals surface area contributed by atoms with E-state index in [2.05, 4.69) is 10.3 Å². The van der Waals surface area contributed by atoms with Crippen LogP contribution >= 0.6 is 0 Å². The molecule has 0 unspecified atom stereocenters. The highest BCUT2D eigenvalue weighted by Gasteiger charge is 2.37. The second-order valence-corrected chi connectivity index (χ2v) is 8.94. The summed E-state index contributed by atoms with van der Waals surface area (Å²) in [5.41, 5.74) is 2.23. The summed E-state index contributed by atoms with van der Waals surface area (Å²) in [6, 6.07) is 15.7. The van der Waals surface area contributed by atoms with Crippen LogP contribution in [0.5, 0.6) is 5.75 Å². The lowest BCUT2D eigenvalue weighted by Crippen LogP contribution is -2.50. The third-order valence-corrected chi connectivity index (χ3v) is 6.57. The summed E-state index contributed by atoms with van der Waals surface area (Å²) < 4.78 is 7.06. The first-order valence-corrected chi connectivity index (χ1v) is 11.6. The number of piperidine rings is 1. The van der Waals surface area contributed by atoms with Crippen molar-refractivity contribution in [2.24, 2.45) is 5.92 Å². The molecule has 0 saturated carbocycles. The van der Waals surface area contributed by atoms with Crippen molar-refractivity contribution in [1.29, 1.82) is 0 Å². The van der Waals surface area contributed by atoms with Gasteiger partial charge in [-0.3, -0.25) is 19.4 Å². The second kappa shape index (κ2) is 9.58. The largest absolute Gasteiger partial charge is 0.497 e. The van der Waals surface area contributed by atoms with Crippen LogP contribution in [0.4, 0.5) is 0 Å². The molecule has 3 aromatic rings. The van der Waals surface area contributed by atoms with Crippen molar-refractivity contribution < 1.29 is 14.3 Å². The van der Waals surface area contributed by atoms with Gasteiger partial charge in [0.2, 0.25) is 0 Å². The molecule has 1 aromatic carbocycles. The number of amides is 2. The molecule has 1 N–H and O–H groups in total. The Morgan fingerprint density at radius 1 is 1.09 bits per heavy atom. The van der Waals surface area contributed by atoms with Gasteiger partial charge in [-0.15, -0.1) is 0 Å². The van der Waals surface area contributed by atoms with Crippen molar-refractivity contribution in [1.82, 2.24) is 19.8 Å². The van der Waals surface area contributed by atoms with Crippen molar-refractivity contribution in [2.75, 3.05) is 20.2 Å². The van der Waals surface area contributed by atoms with E-state index in [1.54, 1.807) is 65.8 Å². The maximum atomic E-state index is 13.7. The molecule has 8 heteroatoms. The number of methoxy groups -OCH3 is 1. The maximum Gasteiger partial charge on any atom is 0.270 e. The number of aromatic nitrogens is 2. The molecule has 1 fully saturated rings. The normalized spacial score (nSPS) is 19.0. The highest BCUT2D eigenvalue weighted by Crippen LogP contribution is 2.35. The highest BCUT2D eigenvalue weighted by molar-refractivity contribution is 6.05. The molecule has 1 saturated heterocycles. The second-order valence-electron chi connectivity index (χ2n) is 8.94. The average Bonchev–Trinajstić information content (AvgIpc) is 2.89. The number of nitrogens with one attached hydrogen (secondary N) is 1. The van der Waals surface area contributed by atoms with Gasteiger partial charge in [0.25, 0.3) is 17.4 Å². The first-order valence-electron chi connectivity index (χ1n) is 11.6. The standard InChI is InChI=1S/C27H26N4O4/c1-35-22-7-2-6-20(13-22)26(33)29-23(12-18-5-4-10-28-14-18)27(34)30-15-19-11-21(17-30)24-8-3-9-25(32)31(24)16-19/h2-10,12-14,19,21H,11,15-17H2,1H3,(H,29,33)/b23-12-/t19-,21+/m1/s1. The third kappa shape index (κ3) is 4.73. The van der Waals surface area contributed by atoms with E-state index in [9.17, 15) is 14.4 Å². The van der Waals surface area contributed by atoms with Gasteiger partial charge < -0.3 is 19.5 Å². The Morgan fingerprint density at radius 3 is 2.74 bits per heavy atom. The van der Waals surface area contributed by atoms with Crippen LogP contribution in [0.3, 0.4) is 0 Å². The first kappa shape index (κ1) is 22.6. The molecule has 2 aromatic heterocycles. The van der Waals surface area contributed by atoms with Gasteiger partial charge in [0.1, 0.15) is 11.4 Å². The molecule has 2 atom stereocenters. The lowest BCUT2D eigenvalue weighted by Gasteiger charge is -2.43. The van der Waals surface area contributed by atoms with Crippen LogP contribution in [0.1, 0.15) is 34.0 Å². The molecule has 0 radical (unpaired) electrons. The van der Waals surface area contributed by atoms with E-state index >= 15 is 0 Å². The zero-order valence-electron chi connectivity index (χ0n) is 19.4. The van der Waals surface area contributed by atoms with Gasteiger partial charge in [-0.1, -0.05) is 18.2 Å². The van der Waals surface area contributed by atoms with E-state index in [-0.39, 0.29) is 29.0 Å². The fourth-order valence-corrected chi connectivity index (χ4v) is 4.97. The molecule has 2 bridgehead atoms. The van der Waals surface area contributed by atoms with Crippen molar-refractivity contribution in [2.45, 2.75) is 18.9 Å². The minimum atomic E-state index is -0.401. The summed E-state index contributed by atoms with van der Waals surface area (Å²) >= 11 is 0. The molecular weight excluding hydrogens is 444 g/mol. The van der Waals surface area contributed by atoms with E-state index in [1.165, 1.54) is 7.11 Å². The number of likely N-dealkylation sites (tertiary alicyclic amines) is 1. The van der Waals surface area contributed by atoms with Crippen LogP contribution in [0.15, 0.2) is 77.5 Å². The summed E-state index contributed by atoms with van der Waals surface area (Å²) in [7, 11) is 1.54. The maximum absolute atomic E-state index is 13.7. The third-order valence-electron chi connectivity index (χ3n) is 6.57. The fourth-order valence-electron chi connectivity index (χ4n) is 4.97. The summed E-state index contributed by atoms with van der Waals surface area (Å²) in [5, 5.41) is 2.82. The Labute approximate surface area is 202 Å². The van der Waals surface area contributed by atoms with Crippen molar-refractivity contribution in [3.8, 4) is 5.75 Å². The Bertz CT molecular complexity index is 1350. The molecule has 8 nitrogen and oxygen atoms in total. The molecule has 0 spiro atoms. The Hall–Kier alpha value is -4.20. The number of carbonyl (C=O) groups is 2. The van der Waals surface area contributed by atoms with E-state index < -0.39 is 5.91 Å². The van der Waals surface area contributed by atoms with Gasteiger partial charge in [-0.25, -0.2) is 0 Å². The number of pyridine rings is 2. The quantitative estimate of drug-likeness (QED) is 0.579. The van der Waals surface area contributed by atoms with Crippen molar-refractivity contribution >= 4 is 17.9 Å². The minimum Gasteiger partial charge on any atom is -0.497 e. The highest BCUT2D eigenvalue weighted by atomic mass is 16.5. The predicted molar refractivity (Wildman–Crippen MR) is 131 cm³/mol. The molecule has 4 heterocycles. The number of hydrogen-bond donors (Lipinski definition) is 1. The predicted octanol–water partition coefficient (Wildman–Crippen LogP) is 2.67. The molecule has 2 aliphatic rings. The smallest absolute Gasteiger partial charge is 0.270 e. The zero-order chi connectivity index (χ0) is 24.4. The van der Waals surface area contributed by atoms with Crippen LogP contribution in [-0.2, 0) is 11.3 Å². The molecule has 0 aliphatic carbocycles. The van der Waals surface area contributed by atoms with Crippen LogP contribution in [0.2, 0.25) is 0 Å². The van der Waals surface area contributed by atoms with Gasteiger partial charge in [-0.2, -0.15) is 0 Å².